The molecular weight excluding hydrogens is 214 g/mol. The van der Waals surface area contributed by atoms with Gasteiger partial charge in [0.2, 0.25) is 0 Å². The fourth-order valence-electron chi connectivity index (χ4n) is 3.04. The van der Waals surface area contributed by atoms with Crippen molar-refractivity contribution in [2.24, 2.45) is 5.92 Å². The average molecular weight is 231 g/mol. The number of pyridine rings is 1. The molecule has 3 heterocycles. The van der Waals surface area contributed by atoms with Crippen molar-refractivity contribution in [3.63, 3.8) is 0 Å². The first kappa shape index (κ1) is 10.9. The zero-order valence-corrected chi connectivity index (χ0v) is 10.1. The number of ether oxygens (including phenoxy) is 1. The highest BCUT2D eigenvalue weighted by molar-refractivity contribution is 5.98. The third kappa shape index (κ3) is 2.00. The number of rotatable bonds is 2. The highest BCUT2D eigenvalue weighted by Gasteiger charge is 2.38. The quantitative estimate of drug-likeness (QED) is 0.734. The van der Waals surface area contributed by atoms with Crippen LogP contribution in [0.1, 0.15) is 41.7 Å². The van der Waals surface area contributed by atoms with E-state index in [1.54, 1.807) is 6.20 Å². The van der Waals surface area contributed by atoms with Crippen LogP contribution in [0.4, 0.5) is 0 Å². The Kier molecular flexibility index (Phi) is 2.71. The average Bonchev–Trinajstić information content (AvgIpc) is 2.68. The molecule has 2 fully saturated rings. The minimum absolute atomic E-state index is 0.143. The van der Waals surface area contributed by atoms with Crippen molar-refractivity contribution >= 4 is 5.78 Å². The molecule has 0 amide bonds. The first-order chi connectivity index (χ1) is 8.24. The highest BCUT2D eigenvalue weighted by Crippen LogP contribution is 2.37. The molecular formula is C14H17NO2. The molecule has 3 rings (SSSR count). The second-order valence-electron chi connectivity index (χ2n) is 5.13. The van der Waals surface area contributed by atoms with Gasteiger partial charge in [-0.05, 0) is 44.7 Å². The predicted molar refractivity (Wildman–Crippen MR) is 63.9 cm³/mol. The van der Waals surface area contributed by atoms with Crippen LogP contribution in [0.5, 0.6) is 0 Å². The van der Waals surface area contributed by atoms with Crippen LogP contribution in [0.3, 0.4) is 0 Å². The smallest absolute Gasteiger partial charge is 0.167 e. The van der Waals surface area contributed by atoms with Crippen LogP contribution in [-0.2, 0) is 4.74 Å². The van der Waals surface area contributed by atoms with Crippen molar-refractivity contribution in [3.8, 4) is 0 Å². The summed E-state index contributed by atoms with van der Waals surface area (Å²) in [6.45, 7) is 1.90. The molecule has 2 unspecified atom stereocenters. The van der Waals surface area contributed by atoms with Gasteiger partial charge in [-0.2, -0.15) is 0 Å². The Morgan fingerprint density at radius 2 is 2.06 bits per heavy atom. The molecule has 2 bridgehead atoms. The monoisotopic (exact) mass is 231 g/mol. The number of nitrogens with zero attached hydrogens (tertiary/aromatic N) is 1. The number of Topliss-reactive ketones (excluding diaryl/α,β-unsaturated/α-hetero) is 1. The van der Waals surface area contributed by atoms with E-state index in [0.29, 0.717) is 12.2 Å². The Hall–Kier alpha value is -1.22. The van der Waals surface area contributed by atoms with Gasteiger partial charge in [0.05, 0.1) is 12.2 Å². The first-order valence-electron chi connectivity index (χ1n) is 6.35. The highest BCUT2D eigenvalue weighted by atomic mass is 16.5. The van der Waals surface area contributed by atoms with Crippen molar-refractivity contribution in [3.05, 3.63) is 29.6 Å². The molecule has 3 heteroatoms. The molecule has 1 aromatic heterocycles. The van der Waals surface area contributed by atoms with E-state index in [0.717, 1.165) is 36.9 Å². The number of hydrogen-bond donors (Lipinski definition) is 0. The molecule has 0 aromatic carbocycles. The molecule has 0 spiro atoms. The van der Waals surface area contributed by atoms with Crippen molar-refractivity contribution in [1.82, 2.24) is 4.98 Å². The van der Waals surface area contributed by atoms with E-state index in [9.17, 15) is 4.79 Å². The van der Waals surface area contributed by atoms with E-state index < -0.39 is 0 Å². The maximum absolute atomic E-state index is 12.4. The van der Waals surface area contributed by atoms with E-state index >= 15 is 0 Å². The standard InChI is InChI=1S/C14H17NO2/c1-9-13(3-2-6-15-9)14(16)10-7-11-4-5-12(8-10)17-11/h2-3,6,10-12H,4-5,7-8H2,1H3. The van der Waals surface area contributed by atoms with Crippen molar-refractivity contribution in [2.75, 3.05) is 0 Å². The van der Waals surface area contributed by atoms with E-state index in [1.165, 1.54) is 0 Å². The third-order valence-electron chi connectivity index (χ3n) is 3.93. The van der Waals surface area contributed by atoms with Crippen LogP contribution >= 0.6 is 0 Å². The molecule has 0 N–H and O–H groups in total. The number of aromatic nitrogens is 1. The summed E-state index contributed by atoms with van der Waals surface area (Å²) in [5.74, 6) is 0.403. The minimum atomic E-state index is 0.143. The zero-order chi connectivity index (χ0) is 11.8. The molecule has 2 atom stereocenters. The van der Waals surface area contributed by atoms with Gasteiger partial charge < -0.3 is 4.74 Å². The molecule has 0 radical (unpaired) electrons. The summed E-state index contributed by atoms with van der Waals surface area (Å²) in [5.41, 5.74) is 1.63. The lowest BCUT2D eigenvalue weighted by Gasteiger charge is -2.27. The number of hydrogen-bond acceptors (Lipinski definition) is 3. The number of ketones is 1. The Balaban J connectivity index is 1.81. The zero-order valence-electron chi connectivity index (χ0n) is 10.1. The summed E-state index contributed by atoms with van der Waals surface area (Å²) >= 11 is 0. The summed E-state index contributed by atoms with van der Waals surface area (Å²) in [7, 11) is 0. The molecule has 90 valence electrons. The Bertz CT molecular complexity index is 432. The number of fused-ring (bicyclic) bond motifs is 2. The Labute approximate surface area is 101 Å². The fourth-order valence-corrected chi connectivity index (χ4v) is 3.04. The molecule has 3 nitrogen and oxygen atoms in total. The van der Waals surface area contributed by atoms with E-state index in [2.05, 4.69) is 4.98 Å². The van der Waals surface area contributed by atoms with E-state index in [-0.39, 0.29) is 11.7 Å². The fraction of sp³-hybridized carbons (Fsp3) is 0.571. The van der Waals surface area contributed by atoms with Gasteiger partial charge in [0.15, 0.2) is 5.78 Å². The largest absolute Gasteiger partial charge is 0.375 e. The van der Waals surface area contributed by atoms with Crippen LogP contribution in [0.25, 0.3) is 0 Å². The van der Waals surface area contributed by atoms with Crippen LogP contribution in [0, 0.1) is 12.8 Å². The Morgan fingerprint density at radius 3 is 2.71 bits per heavy atom. The summed E-state index contributed by atoms with van der Waals surface area (Å²) in [5, 5.41) is 0. The van der Waals surface area contributed by atoms with E-state index in [1.807, 2.05) is 19.1 Å². The maximum Gasteiger partial charge on any atom is 0.167 e. The van der Waals surface area contributed by atoms with Crippen LogP contribution in [0.15, 0.2) is 18.3 Å². The number of aryl methyl sites for hydroxylation is 1. The topological polar surface area (TPSA) is 39.2 Å². The van der Waals surface area contributed by atoms with Gasteiger partial charge >= 0.3 is 0 Å². The predicted octanol–water partition coefficient (Wildman–Crippen LogP) is 2.53. The van der Waals surface area contributed by atoms with Gasteiger partial charge in [0.1, 0.15) is 0 Å². The summed E-state index contributed by atoms with van der Waals surface area (Å²) in [6, 6.07) is 3.73. The molecule has 2 aliphatic heterocycles. The van der Waals surface area contributed by atoms with Crippen LogP contribution in [0.2, 0.25) is 0 Å². The second kappa shape index (κ2) is 4.22. The van der Waals surface area contributed by atoms with Gasteiger partial charge in [-0.25, -0.2) is 0 Å². The van der Waals surface area contributed by atoms with Crippen molar-refractivity contribution in [2.45, 2.75) is 44.8 Å². The number of carbonyl (C=O) groups is 1. The third-order valence-corrected chi connectivity index (χ3v) is 3.93. The van der Waals surface area contributed by atoms with Crippen molar-refractivity contribution < 1.29 is 9.53 Å². The summed E-state index contributed by atoms with van der Waals surface area (Å²) in [6.07, 6.45) is 6.41. The molecule has 0 aliphatic carbocycles. The molecule has 0 saturated carbocycles. The van der Waals surface area contributed by atoms with Gasteiger partial charge in [0.25, 0.3) is 0 Å². The minimum Gasteiger partial charge on any atom is -0.375 e. The lowest BCUT2D eigenvalue weighted by Crippen LogP contribution is -2.30. The van der Waals surface area contributed by atoms with Gasteiger partial charge in [-0.3, -0.25) is 9.78 Å². The molecule has 17 heavy (non-hydrogen) atoms. The second-order valence-corrected chi connectivity index (χ2v) is 5.13. The number of carbonyl (C=O) groups excluding carboxylic acids is 1. The van der Waals surface area contributed by atoms with Crippen molar-refractivity contribution in [1.29, 1.82) is 0 Å². The summed E-state index contributed by atoms with van der Waals surface area (Å²) in [4.78, 5) is 16.6. The SMILES string of the molecule is Cc1ncccc1C(=O)C1CC2CCC(C1)O2. The molecule has 2 aliphatic rings. The molecule has 1 aromatic rings. The van der Waals surface area contributed by atoms with E-state index in [4.69, 9.17) is 4.74 Å². The summed E-state index contributed by atoms with van der Waals surface area (Å²) < 4.78 is 5.78. The molecule has 2 saturated heterocycles. The van der Waals surface area contributed by atoms with Gasteiger partial charge in [-0.1, -0.05) is 0 Å². The van der Waals surface area contributed by atoms with Gasteiger partial charge in [0, 0.05) is 23.4 Å². The van der Waals surface area contributed by atoms with Crippen LogP contribution < -0.4 is 0 Å². The first-order valence-corrected chi connectivity index (χ1v) is 6.35. The van der Waals surface area contributed by atoms with Gasteiger partial charge in [-0.15, -0.1) is 0 Å². The maximum atomic E-state index is 12.4. The lowest BCUT2D eigenvalue weighted by atomic mass is 9.87. The Morgan fingerprint density at radius 1 is 1.35 bits per heavy atom. The normalized spacial score (nSPS) is 31.5. The van der Waals surface area contributed by atoms with Crippen LogP contribution in [-0.4, -0.2) is 23.0 Å². The lowest BCUT2D eigenvalue weighted by molar-refractivity contribution is -0.0149.